The fourth-order valence-corrected chi connectivity index (χ4v) is 3.78. The molecule has 1 N–H and O–H groups in total. The molecular weight excluding hydrogens is 374 g/mol. The van der Waals surface area contributed by atoms with Crippen molar-refractivity contribution in [3.63, 3.8) is 0 Å². The highest BCUT2D eigenvalue weighted by molar-refractivity contribution is 9.10. The predicted octanol–water partition coefficient (Wildman–Crippen LogP) is 2.28. The van der Waals surface area contributed by atoms with Crippen LogP contribution in [0, 0.1) is 6.92 Å². The van der Waals surface area contributed by atoms with Crippen molar-refractivity contribution in [3.8, 4) is 5.75 Å². The van der Waals surface area contributed by atoms with E-state index in [4.69, 9.17) is 4.74 Å². The Bertz CT molecular complexity index is 659. The average molecular weight is 396 g/mol. The van der Waals surface area contributed by atoms with Gasteiger partial charge in [0.2, 0.25) is 0 Å². The van der Waals surface area contributed by atoms with Crippen molar-refractivity contribution in [1.29, 1.82) is 0 Å². The molecule has 0 aromatic heterocycles. The lowest BCUT2D eigenvalue weighted by Crippen LogP contribution is -2.35. The number of ether oxygens (including phenoxy) is 1. The molecule has 0 saturated carbocycles. The molecule has 0 atom stereocenters. The Morgan fingerprint density at radius 1 is 1.29 bits per heavy atom. The van der Waals surface area contributed by atoms with Gasteiger partial charge in [-0.05, 0) is 50.6 Å². The van der Waals surface area contributed by atoms with Crippen molar-refractivity contribution in [1.82, 2.24) is 15.1 Å². The normalized spacial score (nSPS) is 19.3. The molecule has 2 heterocycles. The minimum atomic E-state index is -0.259. The van der Waals surface area contributed by atoms with Gasteiger partial charge >= 0.3 is 6.03 Å². The molecule has 2 aliphatic heterocycles. The quantitative estimate of drug-likeness (QED) is 0.794. The maximum Gasteiger partial charge on any atom is 0.327 e. The number of nitrogens with zero attached hydrogens (tertiary/aromatic N) is 2. The third kappa shape index (κ3) is 3.57. The molecule has 3 amide bonds. The molecule has 0 aliphatic carbocycles. The molecular formula is C17H22BrN3O3. The molecule has 130 valence electrons. The topological polar surface area (TPSA) is 61.9 Å². The molecule has 0 bridgehead atoms. The molecule has 2 saturated heterocycles. The maximum absolute atomic E-state index is 12.2. The van der Waals surface area contributed by atoms with Crippen molar-refractivity contribution < 1.29 is 14.3 Å². The zero-order chi connectivity index (χ0) is 17.3. The van der Waals surface area contributed by atoms with Crippen LogP contribution in [0.1, 0.15) is 24.0 Å². The largest absolute Gasteiger partial charge is 0.490 e. The number of halogens is 1. The summed E-state index contributed by atoms with van der Waals surface area (Å²) in [5, 5.41) is 3.32. The Labute approximate surface area is 150 Å². The number of amides is 3. The van der Waals surface area contributed by atoms with Crippen LogP contribution in [0.4, 0.5) is 4.79 Å². The number of likely N-dealkylation sites (N-methyl/N-ethyl adjacent to an activating group) is 1. The van der Waals surface area contributed by atoms with Gasteiger partial charge in [-0.15, -0.1) is 0 Å². The fraction of sp³-hybridized carbons (Fsp3) is 0.529. The van der Waals surface area contributed by atoms with Crippen molar-refractivity contribution in [2.75, 3.05) is 26.7 Å². The number of hydrogen-bond donors (Lipinski definition) is 1. The van der Waals surface area contributed by atoms with Gasteiger partial charge in [-0.25, -0.2) is 4.79 Å². The van der Waals surface area contributed by atoms with Gasteiger partial charge in [0.05, 0.1) is 6.54 Å². The van der Waals surface area contributed by atoms with Gasteiger partial charge in [-0.1, -0.05) is 15.9 Å². The number of piperidine rings is 1. The number of benzene rings is 1. The van der Waals surface area contributed by atoms with Gasteiger partial charge in [-0.2, -0.15) is 0 Å². The Morgan fingerprint density at radius 2 is 2.00 bits per heavy atom. The lowest BCUT2D eigenvalue weighted by Gasteiger charge is -2.27. The minimum absolute atomic E-state index is 0.135. The van der Waals surface area contributed by atoms with Gasteiger partial charge in [0.25, 0.3) is 5.91 Å². The van der Waals surface area contributed by atoms with Crippen LogP contribution in [-0.2, 0) is 11.3 Å². The highest BCUT2D eigenvalue weighted by Crippen LogP contribution is 2.32. The Hall–Kier alpha value is -1.60. The first-order chi connectivity index (χ1) is 11.5. The molecule has 1 aromatic rings. The van der Waals surface area contributed by atoms with E-state index >= 15 is 0 Å². The molecule has 0 unspecified atom stereocenters. The van der Waals surface area contributed by atoms with E-state index < -0.39 is 0 Å². The van der Waals surface area contributed by atoms with Crippen molar-refractivity contribution in [2.45, 2.75) is 32.4 Å². The first kappa shape index (κ1) is 17.2. The van der Waals surface area contributed by atoms with Crippen LogP contribution in [-0.4, -0.2) is 54.5 Å². The van der Waals surface area contributed by atoms with E-state index in [0.717, 1.165) is 47.3 Å². The second-order valence-electron chi connectivity index (χ2n) is 6.40. The van der Waals surface area contributed by atoms with E-state index in [9.17, 15) is 9.59 Å². The summed E-state index contributed by atoms with van der Waals surface area (Å²) in [6, 6.07) is 3.67. The van der Waals surface area contributed by atoms with Crippen LogP contribution < -0.4 is 10.1 Å². The van der Waals surface area contributed by atoms with Crippen LogP contribution >= 0.6 is 15.9 Å². The standard InChI is InChI=1S/C17H22BrN3O3/c1-11-7-13(18)8-12(9-21-15(22)10-20(2)17(21)23)16(11)24-14-3-5-19-6-4-14/h7-8,14,19H,3-6,9-10H2,1-2H3. The summed E-state index contributed by atoms with van der Waals surface area (Å²) < 4.78 is 7.17. The molecule has 2 fully saturated rings. The zero-order valence-corrected chi connectivity index (χ0v) is 15.6. The van der Waals surface area contributed by atoms with Gasteiger partial charge < -0.3 is 15.0 Å². The van der Waals surface area contributed by atoms with Gasteiger partial charge in [0, 0.05) is 17.1 Å². The molecule has 0 radical (unpaired) electrons. The van der Waals surface area contributed by atoms with Crippen LogP contribution in [0.25, 0.3) is 0 Å². The number of carbonyl (C=O) groups excluding carboxylic acids is 2. The van der Waals surface area contributed by atoms with E-state index in [1.54, 1.807) is 7.05 Å². The molecule has 6 nitrogen and oxygen atoms in total. The second kappa shape index (κ2) is 7.11. The van der Waals surface area contributed by atoms with Gasteiger partial charge in [0.15, 0.2) is 0 Å². The van der Waals surface area contributed by atoms with Crippen LogP contribution in [0.15, 0.2) is 16.6 Å². The number of hydrogen-bond acceptors (Lipinski definition) is 4. The first-order valence-corrected chi connectivity index (χ1v) is 8.97. The molecule has 24 heavy (non-hydrogen) atoms. The number of imide groups is 1. The summed E-state index contributed by atoms with van der Waals surface area (Å²) in [4.78, 5) is 27.0. The molecule has 1 aromatic carbocycles. The Morgan fingerprint density at radius 3 is 2.62 bits per heavy atom. The van der Waals surface area contributed by atoms with Crippen LogP contribution in [0.2, 0.25) is 0 Å². The first-order valence-electron chi connectivity index (χ1n) is 8.17. The smallest absolute Gasteiger partial charge is 0.327 e. The summed E-state index contributed by atoms with van der Waals surface area (Å²) in [5.74, 6) is 0.619. The van der Waals surface area contributed by atoms with Crippen molar-refractivity contribution in [2.24, 2.45) is 0 Å². The Kier molecular flexibility index (Phi) is 5.10. The van der Waals surface area contributed by atoms with E-state index in [2.05, 4.69) is 21.2 Å². The summed E-state index contributed by atoms with van der Waals surface area (Å²) >= 11 is 3.50. The lowest BCUT2D eigenvalue weighted by atomic mass is 10.1. The molecule has 2 aliphatic rings. The van der Waals surface area contributed by atoms with E-state index in [1.807, 2.05) is 19.1 Å². The van der Waals surface area contributed by atoms with E-state index in [0.29, 0.717) is 0 Å². The number of urea groups is 1. The van der Waals surface area contributed by atoms with Gasteiger partial charge in [-0.3, -0.25) is 9.69 Å². The summed E-state index contributed by atoms with van der Waals surface area (Å²) in [7, 11) is 1.64. The summed E-state index contributed by atoms with van der Waals surface area (Å²) in [6.45, 7) is 4.26. The second-order valence-corrected chi connectivity index (χ2v) is 7.31. The minimum Gasteiger partial charge on any atom is -0.490 e. The van der Waals surface area contributed by atoms with E-state index in [-0.39, 0.29) is 31.1 Å². The van der Waals surface area contributed by atoms with Crippen LogP contribution in [0.5, 0.6) is 5.75 Å². The number of carbonyl (C=O) groups is 2. The lowest BCUT2D eigenvalue weighted by molar-refractivity contribution is -0.125. The van der Waals surface area contributed by atoms with Crippen molar-refractivity contribution >= 4 is 27.9 Å². The highest BCUT2D eigenvalue weighted by Gasteiger charge is 2.34. The fourth-order valence-electron chi connectivity index (χ4n) is 3.16. The number of aryl methyl sites for hydroxylation is 1. The average Bonchev–Trinajstić information content (AvgIpc) is 2.78. The van der Waals surface area contributed by atoms with Gasteiger partial charge in [0.1, 0.15) is 18.4 Å². The highest BCUT2D eigenvalue weighted by atomic mass is 79.9. The molecule has 3 rings (SSSR count). The SMILES string of the molecule is Cc1cc(Br)cc(CN2C(=O)CN(C)C2=O)c1OC1CCNCC1. The third-order valence-corrected chi connectivity index (χ3v) is 4.90. The Balaban J connectivity index is 1.85. The van der Waals surface area contributed by atoms with Crippen LogP contribution in [0.3, 0.4) is 0 Å². The number of rotatable bonds is 4. The van der Waals surface area contributed by atoms with E-state index in [1.165, 1.54) is 9.80 Å². The predicted molar refractivity (Wildman–Crippen MR) is 94.0 cm³/mol. The molecule has 0 spiro atoms. The monoisotopic (exact) mass is 395 g/mol. The summed E-state index contributed by atoms with van der Waals surface area (Å²) in [5.41, 5.74) is 1.86. The molecule has 7 heteroatoms. The zero-order valence-electron chi connectivity index (χ0n) is 14.0. The third-order valence-electron chi connectivity index (χ3n) is 4.45. The number of nitrogens with one attached hydrogen (secondary N) is 1. The van der Waals surface area contributed by atoms with Crippen molar-refractivity contribution in [3.05, 3.63) is 27.7 Å². The maximum atomic E-state index is 12.2. The summed E-state index contributed by atoms with van der Waals surface area (Å²) in [6.07, 6.45) is 2.08.